The summed E-state index contributed by atoms with van der Waals surface area (Å²) in [6.07, 6.45) is 2.82. The van der Waals surface area contributed by atoms with E-state index in [0.29, 0.717) is 24.5 Å². The zero-order chi connectivity index (χ0) is 14.8. The molecule has 112 valence electrons. The molecule has 1 aromatic rings. The summed E-state index contributed by atoms with van der Waals surface area (Å²) in [4.78, 5) is 14.1. The van der Waals surface area contributed by atoms with Gasteiger partial charge in [0.05, 0.1) is 13.2 Å². The summed E-state index contributed by atoms with van der Waals surface area (Å²) in [5.41, 5.74) is 0.508. The number of nitrogens with zero attached hydrogens (tertiary/aromatic N) is 1. The third kappa shape index (κ3) is 6.06. The number of carbonyl (C=O) groups is 1. The van der Waals surface area contributed by atoms with Gasteiger partial charge in [-0.2, -0.15) is 0 Å². The first-order chi connectivity index (χ1) is 9.65. The molecule has 1 aromatic carbocycles. The molecule has 0 radical (unpaired) electrons. The van der Waals surface area contributed by atoms with E-state index in [1.165, 1.54) is 0 Å². The Morgan fingerprint density at radius 1 is 1.15 bits per heavy atom. The molecule has 1 rings (SSSR count). The van der Waals surface area contributed by atoms with Crippen molar-refractivity contribution in [1.29, 1.82) is 0 Å². The molecule has 0 amide bonds. The summed E-state index contributed by atoms with van der Waals surface area (Å²) < 4.78 is 10.9. The molecule has 4 nitrogen and oxygen atoms in total. The normalized spacial score (nSPS) is 10.6. The van der Waals surface area contributed by atoms with Crippen molar-refractivity contribution in [1.82, 2.24) is 4.90 Å². The predicted molar refractivity (Wildman–Crippen MR) is 80.3 cm³/mol. The average Bonchev–Trinajstić information content (AvgIpc) is 2.44. The second-order valence-electron chi connectivity index (χ2n) is 4.99. The lowest BCUT2D eigenvalue weighted by molar-refractivity contribution is 0.0495. The minimum atomic E-state index is -0.304. The zero-order valence-corrected chi connectivity index (χ0v) is 12.7. The molecule has 0 aliphatic carbocycles. The zero-order valence-electron chi connectivity index (χ0n) is 12.7. The number of hydrogen-bond acceptors (Lipinski definition) is 4. The van der Waals surface area contributed by atoms with Gasteiger partial charge in [0.15, 0.2) is 0 Å². The topological polar surface area (TPSA) is 38.8 Å². The lowest BCUT2D eigenvalue weighted by atomic mass is 10.2. The molecule has 0 N–H and O–H groups in total. The summed E-state index contributed by atoms with van der Waals surface area (Å²) in [5, 5.41) is 0. The molecule has 0 fully saturated rings. The fourth-order valence-electron chi connectivity index (χ4n) is 1.71. The smallest absolute Gasteiger partial charge is 0.341 e. The molecule has 4 heteroatoms. The Morgan fingerprint density at radius 3 is 2.60 bits per heavy atom. The molecule has 0 spiro atoms. The van der Waals surface area contributed by atoms with Crippen molar-refractivity contribution in [3.63, 3.8) is 0 Å². The molecule has 0 atom stereocenters. The summed E-state index contributed by atoms with van der Waals surface area (Å²) in [7, 11) is 4.05. The van der Waals surface area contributed by atoms with Crippen LogP contribution in [-0.2, 0) is 4.74 Å². The molecule has 0 aliphatic heterocycles. The molecule has 0 aromatic heterocycles. The molecule has 0 heterocycles. The third-order valence-corrected chi connectivity index (χ3v) is 2.85. The van der Waals surface area contributed by atoms with Crippen LogP contribution in [0.5, 0.6) is 5.75 Å². The highest BCUT2D eigenvalue weighted by Crippen LogP contribution is 2.19. The minimum Gasteiger partial charge on any atom is -0.493 e. The molecular formula is C16H25NO3. The molecule has 0 saturated carbocycles. The van der Waals surface area contributed by atoms with Gasteiger partial charge in [0, 0.05) is 6.54 Å². The van der Waals surface area contributed by atoms with Crippen molar-refractivity contribution in [2.45, 2.75) is 26.2 Å². The van der Waals surface area contributed by atoms with Gasteiger partial charge in [-0.25, -0.2) is 4.79 Å². The Balaban J connectivity index is 2.52. The van der Waals surface area contributed by atoms with Crippen molar-refractivity contribution >= 4 is 5.97 Å². The van der Waals surface area contributed by atoms with E-state index in [1.807, 2.05) is 32.3 Å². The van der Waals surface area contributed by atoms with Crippen LogP contribution in [0.15, 0.2) is 24.3 Å². The lowest BCUT2D eigenvalue weighted by Gasteiger charge is -2.13. The average molecular weight is 279 g/mol. The van der Waals surface area contributed by atoms with Gasteiger partial charge in [-0.3, -0.25) is 0 Å². The summed E-state index contributed by atoms with van der Waals surface area (Å²) in [6, 6.07) is 7.24. The molecule has 20 heavy (non-hydrogen) atoms. The van der Waals surface area contributed by atoms with Crippen molar-refractivity contribution in [2.24, 2.45) is 0 Å². The number of hydrogen-bond donors (Lipinski definition) is 0. The van der Waals surface area contributed by atoms with Crippen LogP contribution in [0.1, 0.15) is 36.5 Å². The van der Waals surface area contributed by atoms with Crippen molar-refractivity contribution in [3.05, 3.63) is 29.8 Å². The predicted octanol–water partition coefficient (Wildman–Crippen LogP) is 2.97. The lowest BCUT2D eigenvalue weighted by Crippen LogP contribution is -2.16. The Bertz CT molecular complexity index is 404. The Labute approximate surface area is 121 Å². The van der Waals surface area contributed by atoms with Crippen LogP contribution in [0.2, 0.25) is 0 Å². The van der Waals surface area contributed by atoms with Gasteiger partial charge in [0.25, 0.3) is 0 Å². The van der Waals surface area contributed by atoms with E-state index in [2.05, 4.69) is 11.8 Å². The monoisotopic (exact) mass is 279 g/mol. The summed E-state index contributed by atoms with van der Waals surface area (Å²) >= 11 is 0. The number of unbranched alkanes of at least 4 members (excludes halogenated alkanes) is 1. The van der Waals surface area contributed by atoms with E-state index in [-0.39, 0.29) is 5.97 Å². The number of benzene rings is 1. The Morgan fingerprint density at radius 2 is 1.90 bits per heavy atom. The maximum absolute atomic E-state index is 12.0. The van der Waals surface area contributed by atoms with E-state index in [4.69, 9.17) is 9.47 Å². The van der Waals surface area contributed by atoms with E-state index < -0.39 is 0 Å². The van der Waals surface area contributed by atoms with Crippen molar-refractivity contribution in [3.8, 4) is 5.75 Å². The van der Waals surface area contributed by atoms with Crippen molar-refractivity contribution in [2.75, 3.05) is 33.9 Å². The van der Waals surface area contributed by atoms with Crippen LogP contribution in [-0.4, -0.2) is 44.7 Å². The second kappa shape index (κ2) is 9.37. The number of carbonyl (C=O) groups excluding carboxylic acids is 1. The number of esters is 1. The Hall–Kier alpha value is -1.55. The molecule has 0 saturated heterocycles. The summed E-state index contributed by atoms with van der Waals surface area (Å²) in [6.45, 7) is 4.08. The van der Waals surface area contributed by atoms with E-state index in [9.17, 15) is 4.79 Å². The molecule has 0 unspecified atom stereocenters. The first-order valence-electron chi connectivity index (χ1n) is 7.18. The van der Waals surface area contributed by atoms with Gasteiger partial charge >= 0.3 is 5.97 Å². The summed E-state index contributed by atoms with van der Waals surface area (Å²) in [5.74, 6) is 0.300. The van der Waals surface area contributed by atoms with Crippen molar-refractivity contribution < 1.29 is 14.3 Å². The third-order valence-electron chi connectivity index (χ3n) is 2.85. The first-order valence-corrected chi connectivity index (χ1v) is 7.18. The van der Waals surface area contributed by atoms with Crippen LogP contribution in [0.4, 0.5) is 0 Å². The maximum atomic E-state index is 12.0. The van der Waals surface area contributed by atoms with Gasteiger partial charge in [0.1, 0.15) is 11.3 Å². The van der Waals surface area contributed by atoms with Gasteiger partial charge < -0.3 is 14.4 Å². The van der Waals surface area contributed by atoms with Gasteiger partial charge in [0.2, 0.25) is 0 Å². The van der Waals surface area contributed by atoms with E-state index in [1.54, 1.807) is 6.07 Å². The number of rotatable bonds is 9. The highest BCUT2D eigenvalue weighted by molar-refractivity contribution is 5.92. The Kier molecular flexibility index (Phi) is 7.73. The number of ether oxygens (including phenoxy) is 2. The van der Waals surface area contributed by atoms with Gasteiger partial charge in [-0.1, -0.05) is 25.5 Å². The van der Waals surface area contributed by atoms with Crippen LogP contribution >= 0.6 is 0 Å². The van der Waals surface area contributed by atoms with Crippen LogP contribution in [0, 0.1) is 0 Å². The van der Waals surface area contributed by atoms with Crippen LogP contribution in [0.3, 0.4) is 0 Å². The highest BCUT2D eigenvalue weighted by atomic mass is 16.5. The SMILES string of the molecule is CCCCOC(=O)c1ccccc1OCCCN(C)C. The highest BCUT2D eigenvalue weighted by Gasteiger charge is 2.13. The maximum Gasteiger partial charge on any atom is 0.341 e. The quantitative estimate of drug-likeness (QED) is 0.514. The van der Waals surface area contributed by atoms with Gasteiger partial charge in [-0.05, 0) is 39.1 Å². The molecule has 0 bridgehead atoms. The molecular weight excluding hydrogens is 254 g/mol. The van der Waals surface area contributed by atoms with E-state index >= 15 is 0 Å². The fourth-order valence-corrected chi connectivity index (χ4v) is 1.71. The van der Waals surface area contributed by atoms with Crippen LogP contribution < -0.4 is 4.74 Å². The second-order valence-corrected chi connectivity index (χ2v) is 4.99. The van der Waals surface area contributed by atoms with Crippen LogP contribution in [0.25, 0.3) is 0 Å². The number of para-hydroxylation sites is 1. The van der Waals surface area contributed by atoms with Gasteiger partial charge in [-0.15, -0.1) is 0 Å². The minimum absolute atomic E-state index is 0.304. The van der Waals surface area contributed by atoms with E-state index in [0.717, 1.165) is 25.8 Å². The standard InChI is InChI=1S/C16H25NO3/c1-4-5-12-20-16(18)14-9-6-7-10-15(14)19-13-8-11-17(2)3/h6-7,9-10H,4-5,8,11-13H2,1-3H3. The molecule has 0 aliphatic rings. The fraction of sp³-hybridized carbons (Fsp3) is 0.562. The largest absolute Gasteiger partial charge is 0.493 e. The first kappa shape index (κ1) is 16.5.